The topological polar surface area (TPSA) is 29.1 Å². The van der Waals surface area contributed by atoms with Gasteiger partial charge in [0.1, 0.15) is 0 Å². The lowest BCUT2D eigenvalue weighted by atomic mass is 9.49. The van der Waals surface area contributed by atoms with Gasteiger partial charge in [-0.1, -0.05) is 38.5 Å². The molecular weight excluding hydrogens is 282 g/mol. The maximum absolute atomic E-state index is 12.0. The maximum atomic E-state index is 12.0. The molecule has 23 heavy (non-hydrogen) atoms. The van der Waals surface area contributed by atoms with Gasteiger partial charge in [0.15, 0.2) is 0 Å². The van der Waals surface area contributed by atoms with E-state index in [0.29, 0.717) is 11.8 Å². The number of amides is 1. The molecule has 5 atom stereocenters. The minimum absolute atomic E-state index is 0.200. The molecule has 1 amide bonds. The van der Waals surface area contributed by atoms with E-state index in [9.17, 15) is 4.79 Å². The normalized spacial score (nSPS) is 45.9. The molecule has 2 fully saturated rings. The molecule has 1 aliphatic heterocycles. The third-order valence-electron chi connectivity index (χ3n) is 7.96. The van der Waals surface area contributed by atoms with E-state index in [0.717, 1.165) is 24.2 Å². The first kappa shape index (κ1) is 15.5. The standard InChI is InChI=1S/C21H31NO/c1-4-14-7-9-16-15-8-10-18-21(3,12-5-6-19(23)22-18)17(15)11-13-20(14,16)2/h7,10,15-17H,4-6,8-9,11-13H2,1-3H3,(H,22,23). The lowest BCUT2D eigenvalue weighted by Crippen LogP contribution is -2.50. The average Bonchev–Trinajstić information content (AvgIpc) is 2.78. The molecule has 4 aliphatic rings. The van der Waals surface area contributed by atoms with Gasteiger partial charge in [-0.3, -0.25) is 4.79 Å². The highest BCUT2D eigenvalue weighted by Gasteiger charge is 2.56. The average molecular weight is 313 g/mol. The predicted molar refractivity (Wildman–Crippen MR) is 93.6 cm³/mol. The summed E-state index contributed by atoms with van der Waals surface area (Å²) >= 11 is 0. The monoisotopic (exact) mass is 313 g/mol. The van der Waals surface area contributed by atoms with E-state index in [-0.39, 0.29) is 11.3 Å². The summed E-state index contributed by atoms with van der Waals surface area (Å²) in [5, 5.41) is 3.25. The van der Waals surface area contributed by atoms with E-state index in [1.165, 1.54) is 44.2 Å². The Morgan fingerprint density at radius 3 is 2.74 bits per heavy atom. The fourth-order valence-electron chi connectivity index (χ4n) is 6.64. The van der Waals surface area contributed by atoms with Crippen LogP contribution in [-0.2, 0) is 4.79 Å². The molecule has 2 nitrogen and oxygen atoms in total. The van der Waals surface area contributed by atoms with Gasteiger partial charge in [-0.15, -0.1) is 0 Å². The second-order valence-electron chi connectivity index (χ2n) is 8.82. The molecule has 5 unspecified atom stereocenters. The summed E-state index contributed by atoms with van der Waals surface area (Å²) in [6.07, 6.45) is 14.2. The summed E-state index contributed by atoms with van der Waals surface area (Å²) in [7, 11) is 0. The van der Waals surface area contributed by atoms with E-state index in [1.54, 1.807) is 5.57 Å². The summed E-state index contributed by atoms with van der Waals surface area (Å²) in [5.41, 5.74) is 3.62. The Morgan fingerprint density at radius 1 is 1.13 bits per heavy atom. The number of allylic oxidation sites excluding steroid dienone is 4. The van der Waals surface area contributed by atoms with Gasteiger partial charge in [0.2, 0.25) is 5.91 Å². The first-order valence-electron chi connectivity index (χ1n) is 9.69. The molecule has 0 spiro atoms. The fourth-order valence-corrected chi connectivity index (χ4v) is 6.64. The Labute approximate surface area is 140 Å². The highest BCUT2D eigenvalue weighted by Crippen LogP contribution is 2.63. The third-order valence-corrected chi connectivity index (χ3v) is 7.96. The van der Waals surface area contributed by atoms with Crippen LogP contribution in [0.4, 0.5) is 0 Å². The van der Waals surface area contributed by atoms with Crippen molar-refractivity contribution in [1.82, 2.24) is 5.32 Å². The van der Waals surface area contributed by atoms with Crippen LogP contribution in [0.15, 0.2) is 23.4 Å². The summed E-state index contributed by atoms with van der Waals surface area (Å²) in [6.45, 7) is 7.30. The van der Waals surface area contributed by atoms with Crippen molar-refractivity contribution in [3.63, 3.8) is 0 Å². The summed E-state index contributed by atoms with van der Waals surface area (Å²) in [4.78, 5) is 12.0. The fraction of sp³-hybridized carbons (Fsp3) is 0.762. The van der Waals surface area contributed by atoms with Crippen LogP contribution in [-0.4, -0.2) is 5.91 Å². The van der Waals surface area contributed by atoms with Gasteiger partial charge in [-0.05, 0) is 68.1 Å². The van der Waals surface area contributed by atoms with Crippen LogP contribution < -0.4 is 5.32 Å². The lowest BCUT2D eigenvalue weighted by molar-refractivity contribution is -0.120. The molecule has 1 saturated carbocycles. The molecule has 2 heteroatoms. The Balaban J connectivity index is 1.68. The van der Waals surface area contributed by atoms with Crippen LogP contribution in [0.5, 0.6) is 0 Å². The minimum atomic E-state index is 0.200. The number of hydrogen-bond donors (Lipinski definition) is 1. The molecule has 0 aromatic carbocycles. The second kappa shape index (κ2) is 5.22. The van der Waals surface area contributed by atoms with Crippen molar-refractivity contribution < 1.29 is 4.79 Å². The minimum Gasteiger partial charge on any atom is -0.330 e. The smallest absolute Gasteiger partial charge is 0.224 e. The number of rotatable bonds is 1. The Hall–Kier alpha value is -1.05. The van der Waals surface area contributed by atoms with Crippen molar-refractivity contribution in [1.29, 1.82) is 0 Å². The van der Waals surface area contributed by atoms with Gasteiger partial charge >= 0.3 is 0 Å². The van der Waals surface area contributed by atoms with Crippen molar-refractivity contribution in [2.75, 3.05) is 0 Å². The van der Waals surface area contributed by atoms with Crippen LogP contribution in [0.3, 0.4) is 0 Å². The van der Waals surface area contributed by atoms with Crippen molar-refractivity contribution in [2.45, 2.75) is 72.1 Å². The predicted octanol–water partition coefficient (Wildman–Crippen LogP) is 4.97. The SMILES string of the molecule is CCC1=CCC2C3CC=C4NC(=O)CCCC4(C)C3CCC12C. The molecule has 0 bridgehead atoms. The van der Waals surface area contributed by atoms with Crippen LogP contribution in [0.2, 0.25) is 0 Å². The lowest BCUT2D eigenvalue weighted by Gasteiger charge is -2.55. The number of carbonyl (C=O) groups excluding carboxylic acids is 1. The number of nitrogens with one attached hydrogen (secondary N) is 1. The zero-order valence-corrected chi connectivity index (χ0v) is 15.0. The zero-order chi connectivity index (χ0) is 16.2. The Kier molecular flexibility index (Phi) is 3.52. The van der Waals surface area contributed by atoms with Gasteiger partial charge in [0.25, 0.3) is 0 Å². The van der Waals surface area contributed by atoms with E-state index >= 15 is 0 Å². The second-order valence-corrected chi connectivity index (χ2v) is 8.82. The van der Waals surface area contributed by atoms with E-state index in [2.05, 4.69) is 38.2 Å². The van der Waals surface area contributed by atoms with Crippen LogP contribution >= 0.6 is 0 Å². The summed E-state index contributed by atoms with van der Waals surface area (Å²) in [5.74, 6) is 2.61. The highest BCUT2D eigenvalue weighted by molar-refractivity contribution is 5.78. The van der Waals surface area contributed by atoms with Gasteiger partial charge in [0.05, 0.1) is 0 Å². The molecule has 1 saturated heterocycles. The molecule has 126 valence electrons. The van der Waals surface area contributed by atoms with Gasteiger partial charge in [-0.2, -0.15) is 0 Å². The quantitative estimate of drug-likeness (QED) is 0.680. The number of fused-ring (bicyclic) bond motifs is 5. The molecule has 0 aromatic heterocycles. The summed E-state index contributed by atoms with van der Waals surface area (Å²) in [6, 6.07) is 0. The summed E-state index contributed by atoms with van der Waals surface area (Å²) < 4.78 is 0. The molecule has 4 rings (SSSR count). The number of hydrogen-bond acceptors (Lipinski definition) is 1. The molecule has 3 aliphatic carbocycles. The molecule has 0 aromatic rings. The zero-order valence-electron chi connectivity index (χ0n) is 15.0. The van der Waals surface area contributed by atoms with Gasteiger partial charge in [0, 0.05) is 17.5 Å². The largest absolute Gasteiger partial charge is 0.330 e. The first-order chi connectivity index (χ1) is 11.0. The molecule has 0 radical (unpaired) electrons. The molecule has 1 heterocycles. The third kappa shape index (κ3) is 2.09. The van der Waals surface area contributed by atoms with Gasteiger partial charge < -0.3 is 5.32 Å². The van der Waals surface area contributed by atoms with Crippen molar-refractivity contribution >= 4 is 5.91 Å². The van der Waals surface area contributed by atoms with Crippen molar-refractivity contribution in [2.24, 2.45) is 28.6 Å². The Bertz CT molecular complexity index is 589. The molecule has 1 N–H and O–H groups in total. The molecular formula is C21H31NO. The van der Waals surface area contributed by atoms with E-state index in [1.807, 2.05) is 0 Å². The Morgan fingerprint density at radius 2 is 1.96 bits per heavy atom. The van der Waals surface area contributed by atoms with Crippen LogP contribution in [0.1, 0.15) is 72.1 Å². The van der Waals surface area contributed by atoms with Gasteiger partial charge in [-0.25, -0.2) is 0 Å². The van der Waals surface area contributed by atoms with E-state index in [4.69, 9.17) is 0 Å². The van der Waals surface area contributed by atoms with Crippen LogP contribution in [0.25, 0.3) is 0 Å². The highest BCUT2D eigenvalue weighted by atomic mass is 16.1. The van der Waals surface area contributed by atoms with Crippen LogP contribution in [0, 0.1) is 28.6 Å². The number of carbonyl (C=O) groups is 1. The van der Waals surface area contributed by atoms with Crippen molar-refractivity contribution in [3.8, 4) is 0 Å². The van der Waals surface area contributed by atoms with E-state index < -0.39 is 0 Å². The maximum Gasteiger partial charge on any atom is 0.224 e. The van der Waals surface area contributed by atoms with Crippen molar-refractivity contribution in [3.05, 3.63) is 23.4 Å². The first-order valence-corrected chi connectivity index (χ1v) is 9.69.